The van der Waals surface area contributed by atoms with Crippen molar-refractivity contribution in [1.29, 1.82) is 0 Å². The van der Waals surface area contributed by atoms with Crippen LogP contribution >= 0.6 is 11.8 Å². The number of thioether (sulfide) groups is 1. The van der Waals surface area contributed by atoms with Gasteiger partial charge in [0.05, 0.1) is 17.5 Å². The van der Waals surface area contributed by atoms with Crippen LogP contribution in [0.2, 0.25) is 0 Å². The predicted octanol–water partition coefficient (Wildman–Crippen LogP) is 3.03. The maximum absolute atomic E-state index is 12.5. The van der Waals surface area contributed by atoms with Gasteiger partial charge in [0.25, 0.3) is 5.91 Å². The predicted molar refractivity (Wildman–Crippen MR) is 104 cm³/mol. The van der Waals surface area contributed by atoms with Crippen LogP contribution in [0.4, 0.5) is 5.69 Å². The normalized spacial score (nSPS) is 26.4. The molecular formula is C18H24N2O3S2. The van der Waals surface area contributed by atoms with E-state index in [1.165, 1.54) is 11.8 Å². The van der Waals surface area contributed by atoms with E-state index in [2.05, 4.69) is 4.99 Å². The molecule has 5 nitrogen and oxygen atoms in total. The zero-order chi connectivity index (χ0) is 18.2. The number of carbonyl (C=O) groups is 1. The van der Waals surface area contributed by atoms with Crippen LogP contribution in [0.5, 0.6) is 0 Å². The van der Waals surface area contributed by atoms with Crippen molar-refractivity contribution in [2.75, 3.05) is 16.4 Å². The number of hydrogen-bond donors (Lipinski definition) is 0. The third-order valence-corrected chi connectivity index (χ3v) is 8.13. The number of hydrogen-bond acceptors (Lipinski definition) is 4. The molecule has 0 aromatic heterocycles. The van der Waals surface area contributed by atoms with Gasteiger partial charge in [0, 0.05) is 16.9 Å². The molecule has 3 rings (SSSR count). The number of amides is 1. The molecule has 0 spiro atoms. The Labute approximate surface area is 153 Å². The third kappa shape index (κ3) is 3.77. The van der Waals surface area contributed by atoms with E-state index in [1.807, 2.05) is 49.9 Å². The van der Waals surface area contributed by atoms with Crippen molar-refractivity contribution in [3.05, 3.63) is 29.8 Å². The standard InChI is InChI=1S/C18H24N2O3S2/c1-4-13(5-2)17(21)19-18-20(14-8-6-12(3)7-9-14)15-10-25(22,23)11-16(15)24-18/h6-9,13,15-16H,4-5,10-11H2,1-3H3. The van der Waals surface area contributed by atoms with Crippen LogP contribution < -0.4 is 4.90 Å². The number of amidine groups is 1. The van der Waals surface area contributed by atoms with Gasteiger partial charge in [-0.05, 0) is 31.9 Å². The largest absolute Gasteiger partial charge is 0.316 e. The highest BCUT2D eigenvalue weighted by Gasteiger charge is 2.49. The second-order valence-corrected chi connectivity index (χ2v) is 10.1. The van der Waals surface area contributed by atoms with Crippen molar-refractivity contribution in [1.82, 2.24) is 0 Å². The van der Waals surface area contributed by atoms with Gasteiger partial charge in [-0.2, -0.15) is 4.99 Å². The van der Waals surface area contributed by atoms with Crippen molar-refractivity contribution < 1.29 is 13.2 Å². The monoisotopic (exact) mass is 380 g/mol. The van der Waals surface area contributed by atoms with Crippen LogP contribution in [0, 0.1) is 12.8 Å². The minimum Gasteiger partial charge on any atom is -0.316 e. The molecule has 1 aromatic carbocycles. The molecule has 2 fully saturated rings. The van der Waals surface area contributed by atoms with Gasteiger partial charge in [0.2, 0.25) is 0 Å². The van der Waals surface area contributed by atoms with Crippen molar-refractivity contribution in [3.63, 3.8) is 0 Å². The molecular weight excluding hydrogens is 356 g/mol. The smallest absolute Gasteiger partial charge is 0.251 e. The van der Waals surface area contributed by atoms with Gasteiger partial charge < -0.3 is 4.90 Å². The van der Waals surface area contributed by atoms with Crippen LogP contribution in [0.1, 0.15) is 32.3 Å². The van der Waals surface area contributed by atoms with E-state index in [9.17, 15) is 13.2 Å². The van der Waals surface area contributed by atoms with Gasteiger partial charge >= 0.3 is 0 Å². The van der Waals surface area contributed by atoms with Crippen LogP contribution in [-0.4, -0.2) is 42.3 Å². The second-order valence-electron chi connectivity index (χ2n) is 6.75. The lowest BCUT2D eigenvalue weighted by Gasteiger charge is -2.24. The molecule has 2 atom stereocenters. The van der Waals surface area contributed by atoms with E-state index in [-0.39, 0.29) is 34.6 Å². The summed E-state index contributed by atoms with van der Waals surface area (Å²) in [5.74, 6) is 0.101. The molecule has 2 unspecified atom stereocenters. The number of benzene rings is 1. The van der Waals surface area contributed by atoms with Crippen molar-refractivity contribution in [2.24, 2.45) is 10.9 Å². The van der Waals surface area contributed by atoms with Crippen molar-refractivity contribution in [3.8, 4) is 0 Å². The lowest BCUT2D eigenvalue weighted by Crippen LogP contribution is -2.37. The average Bonchev–Trinajstić information content (AvgIpc) is 3.00. The summed E-state index contributed by atoms with van der Waals surface area (Å²) in [6, 6.07) is 7.79. The Morgan fingerprint density at radius 3 is 2.48 bits per heavy atom. The van der Waals surface area contributed by atoms with Crippen molar-refractivity contribution >= 4 is 38.4 Å². The maximum atomic E-state index is 12.5. The second kappa shape index (κ2) is 7.11. The summed E-state index contributed by atoms with van der Waals surface area (Å²) in [4.78, 5) is 18.9. The third-order valence-electron chi connectivity index (χ3n) is 4.92. The summed E-state index contributed by atoms with van der Waals surface area (Å²) in [6.45, 7) is 6.00. The number of aryl methyl sites for hydroxylation is 1. The average molecular weight is 381 g/mol. The molecule has 136 valence electrons. The highest BCUT2D eigenvalue weighted by atomic mass is 32.2. The molecule has 0 aliphatic carbocycles. The maximum Gasteiger partial charge on any atom is 0.251 e. The van der Waals surface area contributed by atoms with Crippen molar-refractivity contribution in [2.45, 2.75) is 44.9 Å². The fourth-order valence-electron chi connectivity index (χ4n) is 3.40. The molecule has 0 bridgehead atoms. The Balaban J connectivity index is 1.97. The van der Waals surface area contributed by atoms with Crippen LogP contribution in [-0.2, 0) is 14.6 Å². The van der Waals surface area contributed by atoms with Gasteiger partial charge in [0.15, 0.2) is 15.0 Å². The number of fused-ring (bicyclic) bond motifs is 1. The zero-order valence-corrected chi connectivity index (χ0v) is 16.4. The molecule has 1 amide bonds. The van der Waals surface area contributed by atoms with Gasteiger partial charge in [-0.25, -0.2) is 8.42 Å². The Morgan fingerprint density at radius 2 is 1.88 bits per heavy atom. The quantitative estimate of drug-likeness (QED) is 0.803. The number of rotatable bonds is 4. The number of carbonyl (C=O) groups excluding carboxylic acids is 1. The van der Waals surface area contributed by atoms with Gasteiger partial charge in [-0.1, -0.05) is 43.3 Å². The van der Waals surface area contributed by atoms with E-state index >= 15 is 0 Å². The Kier molecular flexibility index (Phi) is 5.25. The highest BCUT2D eigenvalue weighted by molar-refractivity contribution is 8.16. The minimum atomic E-state index is -3.03. The molecule has 2 heterocycles. The fourth-order valence-corrected chi connectivity index (χ4v) is 7.31. The van der Waals surface area contributed by atoms with Gasteiger partial charge in [-0.3, -0.25) is 4.79 Å². The molecule has 0 radical (unpaired) electrons. The Hall–Kier alpha value is -1.34. The summed E-state index contributed by atoms with van der Waals surface area (Å²) < 4.78 is 24.1. The first-order valence-electron chi connectivity index (χ1n) is 8.70. The van der Waals surface area contributed by atoms with Crippen LogP contribution in [0.15, 0.2) is 29.3 Å². The van der Waals surface area contributed by atoms with Gasteiger partial charge in [0.1, 0.15) is 0 Å². The number of sulfone groups is 1. The van der Waals surface area contributed by atoms with E-state index < -0.39 is 9.84 Å². The number of anilines is 1. The lowest BCUT2D eigenvalue weighted by molar-refractivity contribution is -0.121. The molecule has 2 aliphatic heterocycles. The number of nitrogens with zero attached hydrogens (tertiary/aromatic N) is 2. The molecule has 7 heteroatoms. The summed E-state index contributed by atoms with van der Waals surface area (Å²) in [7, 11) is -3.03. The van der Waals surface area contributed by atoms with E-state index in [4.69, 9.17) is 0 Å². The van der Waals surface area contributed by atoms with Crippen LogP contribution in [0.25, 0.3) is 0 Å². The molecule has 1 aromatic rings. The first-order chi connectivity index (χ1) is 11.8. The highest BCUT2D eigenvalue weighted by Crippen LogP contribution is 2.41. The first kappa shape index (κ1) is 18.5. The molecule has 0 saturated carbocycles. The summed E-state index contributed by atoms with van der Waals surface area (Å²) >= 11 is 1.43. The topological polar surface area (TPSA) is 66.8 Å². The Bertz CT molecular complexity index is 783. The van der Waals surface area contributed by atoms with Gasteiger partial charge in [-0.15, -0.1) is 0 Å². The lowest BCUT2D eigenvalue weighted by atomic mass is 10.0. The number of aliphatic imine (C=N–C) groups is 1. The molecule has 25 heavy (non-hydrogen) atoms. The fraction of sp³-hybridized carbons (Fsp3) is 0.556. The summed E-state index contributed by atoms with van der Waals surface area (Å²) in [6.07, 6.45) is 1.53. The van der Waals surface area contributed by atoms with E-state index in [1.54, 1.807) is 0 Å². The van der Waals surface area contributed by atoms with E-state index in [0.29, 0.717) is 5.17 Å². The molecule has 2 saturated heterocycles. The Morgan fingerprint density at radius 1 is 1.24 bits per heavy atom. The summed E-state index contributed by atoms with van der Waals surface area (Å²) in [5.41, 5.74) is 2.04. The molecule has 0 N–H and O–H groups in total. The minimum absolute atomic E-state index is 0.0560. The SMILES string of the molecule is CCC(CC)C(=O)N=C1SC2CS(=O)(=O)CC2N1c1ccc(C)cc1. The van der Waals surface area contributed by atoms with Crippen LogP contribution in [0.3, 0.4) is 0 Å². The zero-order valence-electron chi connectivity index (χ0n) is 14.8. The molecule has 2 aliphatic rings. The first-order valence-corrected chi connectivity index (χ1v) is 11.4. The van der Waals surface area contributed by atoms with E-state index in [0.717, 1.165) is 24.1 Å². The summed E-state index contributed by atoms with van der Waals surface area (Å²) in [5, 5.41) is 0.588.